The van der Waals surface area contributed by atoms with Crippen LogP contribution in [0.1, 0.15) is 11.6 Å². The van der Waals surface area contributed by atoms with Gasteiger partial charge in [-0.05, 0) is 42.9 Å². The third-order valence-electron chi connectivity index (χ3n) is 5.98. The van der Waals surface area contributed by atoms with E-state index in [4.69, 9.17) is 4.74 Å². The van der Waals surface area contributed by atoms with Crippen molar-refractivity contribution < 1.29 is 9.53 Å². The molecule has 1 N–H and O–H groups in total. The van der Waals surface area contributed by atoms with E-state index in [-0.39, 0.29) is 6.04 Å². The lowest BCUT2D eigenvalue weighted by atomic mass is 10.0. The van der Waals surface area contributed by atoms with Gasteiger partial charge in [0.15, 0.2) is 12.5 Å². The summed E-state index contributed by atoms with van der Waals surface area (Å²) in [6.07, 6.45) is 1.97. The van der Waals surface area contributed by atoms with Crippen LogP contribution >= 0.6 is 0 Å². The Morgan fingerprint density at radius 2 is 1.97 bits per heavy atom. The SMILES string of the molecule is CN1CCN(c2cccc([C@H]3COC(C=O)N3c3ccc4nc[nH]c4c3)c2)CC1. The van der Waals surface area contributed by atoms with E-state index in [9.17, 15) is 4.79 Å². The molecule has 2 aliphatic rings. The number of fused-ring (bicyclic) bond motifs is 1. The molecular weight excluding hydrogens is 366 g/mol. The number of imidazole rings is 1. The summed E-state index contributed by atoms with van der Waals surface area (Å²) in [5.74, 6) is 0. The number of carbonyl (C=O) groups excluding carboxylic acids is 1. The van der Waals surface area contributed by atoms with Gasteiger partial charge in [-0.15, -0.1) is 0 Å². The highest BCUT2D eigenvalue weighted by Gasteiger charge is 2.36. The average molecular weight is 391 g/mol. The number of carbonyl (C=O) groups is 1. The second-order valence-electron chi connectivity index (χ2n) is 7.77. The smallest absolute Gasteiger partial charge is 0.187 e. The van der Waals surface area contributed by atoms with Gasteiger partial charge in [-0.3, -0.25) is 4.79 Å². The van der Waals surface area contributed by atoms with Crippen molar-refractivity contribution in [1.82, 2.24) is 14.9 Å². The van der Waals surface area contributed by atoms with Crippen LogP contribution in [0.3, 0.4) is 0 Å². The van der Waals surface area contributed by atoms with Gasteiger partial charge in [-0.2, -0.15) is 0 Å². The molecule has 0 saturated carbocycles. The van der Waals surface area contributed by atoms with Crippen LogP contribution in [0.5, 0.6) is 0 Å². The summed E-state index contributed by atoms with van der Waals surface area (Å²) in [7, 11) is 2.16. The Labute approximate surface area is 169 Å². The number of H-pyrrole nitrogens is 1. The van der Waals surface area contributed by atoms with Crippen molar-refractivity contribution >= 4 is 28.7 Å². The number of likely N-dealkylation sites (N-methyl/N-ethyl adjacent to an activating group) is 1. The van der Waals surface area contributed by atoms with E-state index in [1.807, 2.05) is 18.2 Å². The first-order valence-corrected chi connectivity index (χ1v) is 10.0. The monoisotopic (exact) mass is 391 g/mol. The Bertz CT molecular complexity index is 1010. The molecule has 7 heteroatoms. The fourth-order valence-corrected chi connectivity index (χ4v) is 4.29. The van der Waals surface area contributed by atoms with E-state index in [1.165, 1.54) is 5.69 Å². The van der Waals surface area contributed by atoms with E-state index >= 15 is 0 Å². The number of hydrogen-bond donors (Lipinski definition) is 1. The number of aromatic nitrogens is 2. The molecule has 2 aliphatic heterocycles. The van der Waals surface area contributed by atoms with Crippen molar-refractivity contribution in [2.45, 2.75) is 12.3 Å². The van der Waals surface area contributed by atoms with Gasteiger partial charge in [0.05, 0.1) is 30.0 Å². The topological polar surface area (TPSA) is 64.7 Å². The molecule has 0 aliphatic carbocycles. The Morgan fingerprint density at radius 1 is 1.10 bits per heavy atom. The molecule has 0 spiro atoms. The average Bonchev–Trinajstić information content (AvgIpc) is 3.40. The lowest BCUT2D eigenvalue weighted by molar-refractivity contribution is -0.115. The number of ether oxygens (including phenoxy) is 1. The third-order valence-corrected chi connectivity index (χ3v) is 5.98. The lowest BCUT2D eigenvalue weighted by Gasteiger charge is -2.35. The highest BCUT2D eigenvalue weighted by atomic mass is 16.5. The zero-order valence-corrected chi connectivity index (χ0v) is 16.5. The molecule has 3 aromatic rings. The highest BCUT2D eigenvalue weighted by molar-refractivity contribution is 5.80. The Balaban J connectivity index is 1.47. The zero-order chi connectivity index (χ0) is 19.8. The molecule has 7 nitrogen and oxygen atoms in total. The summed E-state index contributed by atoms with van der Waals surface area (Å²) in [4.78, 5) is 26.0. The van der Waals surface area contributed by atoms with Crippen molar-refractivity contribution in [1.29, 1.82) is 0 Å². The van der Waals surface area contributed by atoms with Crippen molar-refractivity contribution in [3.05, 3.63) is 54.4 Å². The van der Waals surface area contributed by atoms with Crippen LogP contribution in [0.2, 0.25) is 0 Å². The first-order chi connectivity index (χ1) is 14.2. The Morgan fingerprint density at radius 3 is 2.79 bits per heavy atom. The van der Waals surface area contributed by atoms with Gasteiger partial charge in [-0.1, -0.05) is 12.1 Å². The maximum absolute atomic E-state index is 11.7. The minimum Gasteiger partial charge on any atom is -0.369 e. The molecule has 150 valence electrons. The number of benzene rings is 2. The maximum Gasteiger partial charge on any atom is 0.187 e. The molecule has 5 rings (SSSR count). The summed E-state index contributed by atoms with van der Waals surface area (Å²) < 4.78 is 5.84. The predicted octanol–water partition coefficient (Wildman–Crippen LogP) is 2.42. The van der Waals surface area contributed by atoms with Gasteiger partial charge in [-0.25, -0.2) is 4.98 Å². The van der Waals surface area contributed by atoms with Crippen LogP contribution in [-0.4, -0.2) is 67.2 Å². The second kappa shape index (κ2) is 7.50. The second-order valence-corrected chi connectivity index (χ2v) is 7.77. The number of aldehydes is 1. The van der Waals surface area contributed by atoms with Crippen LogP contribution in [0.25, 0.3) is 11.0 Å². The fraction of sp³-hybridized carbons (Fsp3) is 0.364. The van der Waals surface area contributed by atoms with Gasteiger partial charge < -0.3 is 24.4 Å². The molecule has 2 atom stereocenters. The standard InChI is InChI=1S/C22H25N5O2/c1-25-7-9-26(10-8-25)17-4-2-3-16(11-17)21-14-29-22(13-28)27(21)18-5-6-19-20(12-18)24-15-23-19/h2-6,11-13,15,21-22H,7-10,14H2,1H3,(H,23,24)/t21-,22?/m1/s1. The molecule has 3 heterocycles. The van der Waals surface area contributed by atoms with Gasteiger partial charge >= 0.3 is 0 Å². The van der Waals surface area contributed by atoms with Crippen LogP contribution in [0, 0.1) is 0 Å². The number of anilines is 2. The molecule has 29 heavy (non-hydrogen) atoms. The van der Waals surface area contributed by atoms with Gasteiger partial charge in [0, 0.05) is 37.6 Å². The number of aromatic amines is 1. The summed E-state index contributed by atoms with van der Waals surface area (Å²) in [5, 5.41) is 0. The molecule has 0 radical (unpaired) electrons. The van der Waals surface area contributed by atoms with Crippen LogP contribution in [0.15, 0.2) is 48.8 Å². The normalized spacial score (nSPS) is 23.1. The van der Waals surface area contributed by atoms with E-state index in [0.717, 1.165) is 54.7 Å². The molecule has 1 aromatic heterocycles. The first kappa shape index (κ1) is 18.1. The predicted molar refractivity (Wildman–Crippen MR) is 113 cm³/mol. The third kappa shape index (κ3) is 3.36. The minimum absolute atomic E-state index is 0.0158. The largest absolute Gasteiger partial charge is 0.369 e. The number of hydrogen-bond acceptors (Lipinski definition) is 6. The minimum atomic E-state index is -0.590. The van der Waals surface area contributed by atoms with Gasteiger partial charge in [0.2, 0.25) is 0 Å². The quantitative estimate of drug-likeness (QED) is 0.689. The van der Waals surface area contributed by atoms with Gasteiger partial charge in [0.1, 0.15) is 0 Å². The number of nitrogens with one attached hydrogen (secondary N) is 1. The molecular formula is C22H25N5O2. The van der Waals surface area contributed by atoms with Crippen molar-refractivity contribution in [2.24, 2.45) is 0 Å². The van der Waals surface area contributed by atoms with Gasteiger partial charge in [0.25, 0.3) is 0 Å². The fourth-order valence-electron chi connectivity index (χ4n) is 4.29. The van der Waals surface area contributed by atoms with E-state index in [2.05, 4.69) is 56.0 Å². The lowest BCUT2D eigenvalue weighted by Crippen LogP contribution is -2.44. The summed E-state index contributed by atoms with van der Waals surface area (Å²) >= 11 is 0. The first-order valence-electron chi connectivity index (χ1n) is 10.0. The molecule has 2 fully saturated rings. The zero-order valence-electron chi connectivity index (χ0n) is 16.5. The van der Waals surface area contributed by atoms with Crippen molar-refractivity contribution in [3.63, 3.8) is 0 Å². The molecule has 0 amide bonds. The van der Waals surface area contributed by atoms with Crippen LogP contribution in [-0.2, 0) is 9.53 Å². The molecule has 2 saturated heterocycles. The summed E-state index contributed by atoms with van der Waals surface area (Å²) in [6.45, 7) is 4.67. The van der Waals surface area contributed by atoms with Crippen molar-refractivity contribution in [2.75, 3.05) is 49.6 Å². The summed E-state index contributed by atoms with van der Waals surface area (Å²) in [5.41, 5.74) is 5.20. The van der Waals surface area contributed by atoms with Crippen LogP contribution < -0.4 is 9.80 Å². The highest BCUT2D eigenvalue weighted by Crippen LogP contribution is 2.37. The molecule has 2 aromatic carbocycles. The van der Waals surface area contributed by atoms with Crippen LogP contribution in [0.4, 0.5) is 11.4 Å². The number of piperazine rings is 1. The Hall–Kier alpha value is -2.90. The van der Waals surface area contributed by atoms with E-state index < -0.39 is 6.23 Å². The van der Waals surface area contributed by atoms with E-state index in [1.54, 1.807) is 6.33 Å². The number of rotatable bonds is 4. The molecule has 1 unspecified atom stereocenters. The number of nitrogens with zero attached hydrogens (tertiary/aromatic N) is 4. The van der Waals surface area contributed by atoms with Crippen molar-refractivity contribution in [3.8, 4) is 0 Å². The summed E-state index contributed by atoms with van der Waals surface area (Å²) in [6, 6.07) is 14.6. The maximum atomic E-state index is 11.7. The molecule has 0 bridgehead atoms. The Kier molecular flexibility index (Phi) is 4.69. The van der Waals surface area contributed by atoms with E-state index in [0.29, 0.717) is 6.61 Å².